The minimum Gasteiger partial charge on any atom is -0.481 e. The number of nitrogens with zero attached hydrogens (tertiary/aromatic N) is 1. The molecule has 1 aromatic rings. The summed E-state index contributed by atoms with van der Waals surface area (Å²) in [6.07, 6.45) is 2.59. The fourth-order valence-electron chi connectivity index (χ4n) is 1.57. The zero-order valence-electron chi connectivity index (χ0n) is 10.3. The smallest absolute Gasteiger partial charge is 0.217 e. The molecule has 0 aromatic carbocycles. The molecule has 5 heteroatoms. The van der Waals surface area contributed by atoms with Gasteiger partial charge < -0.3 is 14.8 Å². The zero-order chi connectivity index (χ0) is 12.5. The van der Waals surface area contributed by atoms with E-state index in [9.17, 15) is 0 Å². The molecule has 0 saturated heterocycles. The van der Waals surface area contributed by atoms with Crippen molar-refractivity contribution in [2.75, 3.05) is 26.7 Å². The van der Waals surface area contributed by atoms with Gasteiger partial charge in [-0.3, -0.25) is 0 Å². The van der Waals surface area contributed by atoms with Crippen LogP contribution < -0.4 is 10.1 Å². The van der Waals surface area contributed by atoms with Gasteiger partial charge in [-0.15, -0.1) is 11.6 Å². The third-order valence-electron chi connectivity index (χ3n) is 2.45. The Labute approximate surface area is 107 Å². The summed E-state index contributed by atoms with van der Waals surface area (Å²) in [4.78, 5) is 4.15. The van der Waals surface area contributed by atoms with E-state index in [1.807, 2.05) is 12.1 Å². The zero-order valence-corrected chi connectivity index (χ0v) is 11.0. The molecular weight excluding hydrogens is 240 g/mol. The van der Waals surface area contributed by atoms with Crippen LogP contribution in [0.1, 0.15) is 12.0 Å². The summed E-state index contributed by atoms with van der Waals surface area (Å²) in [5, 5.41) is 3.38. The highest BCUT2D eigenvalue weighted by atomic mass is 35.5. The first kappa shape index (κ1) is 14.2. The van der Waals surface area contributed by atoms with Gasteiger partial charge in [0.15, 0.2) is 0 Å². The minimum absolute atomic E-state index is 0.252. The summed E-state index contributed by atoms with van der Waals surface area (Å²) in [5.74, 6) is 1.27. The fourth-order valence-corrected chi connectivity index (χ4v) is 1.84. The van der Waals surface area contributed by atoms with Crippen molar-refractivity contribution >= 4 is 11.6 Å². The Morgan fingerprint density at radius 1 is 1.47 bits per heavy atom. The van der Waals surface area contributed by atoms with E-state index < -0.39 is 0 Å². The number of alkyl halides is 1. The van der Waals surface area contributed by atoms with Crippen molar-refractivity contribution in [3.8, 4) is 5.88 Å². The van der Waals surface area contributed by atoms with E-state index in [-0.39, 0.29) is 6.04 Å². The molecule has 0 radical (unpaired) electrons. The monoisotopic (exact) mass is 258 g/mol. The van der Waals surface area contributed by atoms with Gasteiger partial charge in [0.25, 0.3) is 0 Å². The normalized spacial score (nSPS) is 12.4. The van der Waals surface area contributed by atoms with Crippen molar-refractivity contribution in [1.82, 2.24) is 10.3 Å². The fraction of sp³-hybridized carbons (Fsp3) is 0.583. The molecule has 0 aliphatic rings. The number of aromatic nitrogens is 1. The lowest BCUT2D eigenvalue weighted by Gasteiger charge is -2.17. The second kappa shape index (κ2) is 8.28. The average molecular weight is 259 g/mol. The Bertz CT molecular complexity index is 317. The Balaban J connectivity index is 2.52. The highest BCUT2D eigenvalue weighted by Gasteiger charge is 2.09. The molecule has 0 bridgehead atoms. The van der Waals surface area contributed by atoms with Crippen molar-refractivity contribution in [1.29, 1.82) is 0 Å². The lowest BCUT2D eigenvalue weighted by Crippen LogP contribution is -2.33. The molecule has 1 N–H and O–H groups in total. The van der Waals surface area contributed by atoms with Crippen molar-refractivity contribution < 1.29 is 9.47 Å². The molecule has 1 unspecified atom stereocenters. The topological polar surface area (TPSA) is 43.4 Å². The van der Waals surface area contributed by atoms with Gasteiger partial charge in [0, 0.05) is 37.3 Å². The van der Waals surface area contributed by atoms with Crippen molar-refractivity contribution in [2.24, 2.45) is 0 Å². The summed E-state index contributed by atoms with van der Waals surface area (Å²) >= 11 is 5.74. The number of methoxy groups -OCH3 is 2. The molecule has 0 fully saturated rings. The second-order valence-corrected chi connectivity index (χ2v) is 4.06. The van der Waals surface area contributed by atoms with Gasteiger partial charge in [0.1, 0.15) is 0 Å². The summed E-state index contributed by atoms with van der Waals surface area (Å²) in [5.41, 5.74) is 1.03. The molecule has 1 atom stereocenters. The van der Waals surface area contributed by atoms with Crippen LogP contribution in [0.25, 0.3) is 0 Å². The summed E-state index contributed by atoms with van der Waals surface area (Å²) < 4.78 is 10.3. The Kier molecular flexibility index (Phi) is 6.93. The molecule has 0 aliphatic heterocycles. The van der Waals surface area contributed by atoms with Crippen molar-refractivity contribution in [3.63, 3.8) is 0 Å². The van der Waals surface area contributed by atoms with E-state index in [1.165, 1.54) is 0 Å². The highest BCUT2D eigenvalue weighted by molar-refractivity contribution is 6.17. The minimum atomic E-state index is 0.252. The Hall–Kier alpha value is -0.840. The molecule has 17 heavy (non-hydrogen) atoms. The van der Waals surface area contributed by atoms with Crippen LogP contribution in [0.2, 0.25) is 0 Å². The number of ether oxygens (including phenoxy) is 2. The predicted octanol–water partition coefficient (Wildman–Crippen LogP) is 1.82. The number of pyridine rings is 1. The molecule has 1 heterocycles. The van der Waals surface area contributed by atoms with Gasteiger partial charge in [0.05, 0.1) is 13.7 Å². The number of rotatable bonds is 8. The maximum absolute atomic E-state index is 5.74. The van der Waals surface area contributed by atoms with Crippen molar-refractivity contribution in [3.05, 3.63) is 23.9 Å². The van der Waals surface area contributed by atoms with Gasteiger partial charge >= 0.3 is 0 Å². The van der Waals surface area contributed by atoms with Gasteiger partial charge in [0.2, 0.25) is 5.88 Å². The molecule has 0 saturated carbocycles. The van der Waals surface area contributed by atoms with Crippen LogP contribution in [-0.4, -0.2) is 37.7 Å². The first-order valence-corrected chi connectivity index (χ1v) is 6.11. The number of halogens is 1. The second-order valence-electron chi connectivity index (χ2n) is 3.68. The van der Waals surface area contributed by atoms with E-state index in [0.717, 1.165) is 12.0 Å². The van der Waals surface area contributed by atoms with E-state index in [1.54, 1.807) is 20.4 Å². The molecule has 96 valence electrons. The van der Waals surface area contributed by atoms with Gasteiger partial charge in [-0.25, -0.2) is 4.98 Å². The molecule has 1 aromatic heterocycles. The molecule has 0 aliphatic carbocycles. The SMILES string of the molecule is COCC(CCCl)NCc1cccnc1OC. The van der Waals surface area contributed by atoms with Gasteiger partial charge in [-0.05, 0) is 12.5 Å². The highest BCUT2D eigenvalue weighted by Crippen LogP contribution is 2.13. The lowest BCUT2D eigenvalue weighted by atomic mass is 10.2. The van der Waals surface area contributed by atoms with Gasteiger partial charge in [-0.2, -0.15) is 0 Å². The quantitative estimate of drug-likeness (QED) is 0.723. The van der Waals surface area contributed by atoms with E-state index in [4.69, 9.17) is 21.1 Å². The molecule has 1 rings (SSSR count). The van der Waals surface area contributed by atoms with Crippen LogP contribution in [0, 0.1) is 0 Å². The maximum atomic E-state index is 5.74. The number of hydrogen-bond donors (Lipinski definition) is 1. The largest absolute Gasteiger partial charge is 0.481 e. The molecule has 0 spiro atoms. The average Bonchev–Trinajstić information content (AvgIpc) is 2.37. The van der Waals surface area contributed by atoms with Crippen molar-refractivity contribution in [2.45, 2.75) is 19.0 Å². The van der Waals surface area contributed by atoms with Crippen LogP contribution in [0.5, 0.6) is 5.88 Å². The molecule has 4 nitrogen and oxygen atoms in total. The third kappa shape index (κ3) is 4.89. The van der Waals surface area contributed by atoms with Gasteiger partial charge in [-0.1, -0.05) is 6.07 Å². The summed E-state index contributed by atoms with van der Waals surface area (Å²) in [7, 11) is 3.31. The first-order chi connectivity index (χ1) is 8.31. The predicted molar refractivity (Wildman–Crippen MR) is 68.6 cm³/mol. The molecular formula is C12H19ClN2O2. The number of hydrogen-bond acceptors (Lipinski definition) is 4. The standard InChI is InChI=1S/C12H19ClN2O2/c1-16-9-11(5-6-13)15-8-10-4-3-7-14-12(10)17-2/h3-4,7,11,15H,5-6,8-9H2,1-2H3. The molecule has 0 amide bonds. The number of nitrogens with one attached hydrogen (secondary N) is 1. The third-order valence-corrected chi connectivity index (χ3v) is 2.67. The van der Waals surface area contributed by atoms with Crippen LogP contribution in [0.3, 0.4) is 0 Å². The van der Waals surface area contributed by atoms with Crippen LogP contribution >= 0.6 is 11.6 Å². The van der Waals surface area contributed by atoms with E-state index in [2.05, 4.69) is 10.3 Å². The van der Waals surface area contributed by atoms with E-state index in [0.29, 0.717) is 24.9 Å². The van der Waals surface area contributed by atoms with E-state index >= 15 is 0 Å². The Morgan fingerprint density at radius 2 is 2.29 bits per heavy atom. The van der Waals surface area contributed by atoms with Crippen LogP contribution in [0.15, 0.2) is 18.3 Å². The lowest BCUT2D eigenvalue weighted by molar-refractivity contribution is 0.164. The van der Waals surface area contributed by atoms with Crippen LogP contribution in [-0.2, 0) is 11.3 Å². The van der Waals surface area contributed by atoms with Crippen LogP contribution in [0.4, 0.5) is 0 Å². The summed E-state index contributed by atoms with van der Waals surface area (Å²) in [6, 6.07) is 4.14. The maximum Gasteiger partial charge on any atom is 0.217 e. The first-order valence-electron chi connectivity index (χ1n) is 5.58. The Morgan fingerprint density at radius 3 is 2.94 bits per heavy atom. The summed E-state index contributed by atoms with van der Waals surface area (Å²) in [6.45, 7) is 1.34.